The van der Waals surface area contributed by atoms with E-state index in [2.05, 4.69) is 30.5 Å². The van der Waals surface area contributed by atoms with Crippen LogP contribution in [0.25, 0.3) is 11.0 Å². The smallest absolute Gasteiger partial charge is 0.449 e. The van der Waals surface area contributed by atoms with Crippen LogP contribution in [-0.4, -0.2) is 42.3 Å². The minimum absolute atomic E-state index is 0.0493. The van der Waals surface area contributed by atoms with Crippen LogP contribution >= 0.6 is 39.1 Å². The fourth-order valence-electron chi connectivity index (χ4n) is 3.48. The first-order valence-electron chi connectivity index (χ1n) is 8.95. The highest BCUT2D eigenvalue weighted by Gasteiger charge is 2.22. The van der Waals surface area contributed by atoms with E-state index in [1.54, 1.807) is 6.07 Å². The summed E-state index contributed by atoms with van der Waals surface area (Å²) in [5.41, 5.74) is 2.54. The molecule has 9 heteroatoms. The van der Waals surface area contributed by atoms with Gasteiger partial charge in [0.15, 0.2) is 0 Å². The molecule has 0 saturated carbocycles. The lowest BCUT2D eigenvalue weighted by Gasteiger charge is -2.36. The first kappa shape index (κ1) is 20.3. The van der Waals surface area contributed by atoms with Crippen molar-refractivity contribution in [3.05, 3.63) is 56.5 Å². The lowest BCUT2D eigenvalue weighted by Crippen LogP contribution is -2.46. The maximum absolute atomic E-state index is 10.7. The van der Waals surface area contributed by atoms with E-state index in [-0.39, 0.29) is 5.95 Å². The quantitative estimate of drug-likeness (QED) is 0.452. The number of hydrogen-bond acceptors (Lipinski definition) is 5. The van der Waals surface area contributed by atoms with Crippen molar-refractivity contribution < 1.29 is 19.1 Å². The summed E-state index contributed by atoms with van der Waals surface area (Å²) in [4.78, 5) is 15.3. The Balaban J connectivity index is 1.47. The highest BCUT2D eigenvalue weighted by atomic mass is 79.9. The molecule has 6 nitrogen and oxygen atoms in total. The van der Waals surface area contributed by atoms with Crippen LogP contribution < -0.4 is 9.64 Å². The van der Waals surface area contributed by atoms with Gasteiger partial charge in [0.05, 0.1) is 10.2 Å². The van der Waals surface area contributed by atoms with Crippen molar-refractivity contribution in [3.8, 4) is 5.95 Å². The Morgan fingerprint density at radius 1 is 1.14 bits per heavy atom. The lowest BCUT2D eigenvalue weighted by atomic mass is 10.1. The highest BCUT2D eigenvalue weighted by Crippen LogP contribution is 2.38. The summed E-state index contributed by atoms with van der Waals surface area (Å²) in [7, 11) is 0. The molecule has 1 aliphatic heterocycles. The van der Waals surface area contributed by atoms with Crippen molar-refractivity contribution in [1.82, 2.24) is 4.90 Å². The molecule has 1 aromatic heterocycles. The zero-order chi connectivity index (χ0) is 20.5. The summed E-state index contributed by atoms with van der Waals surface area (Å²) in [6.07, 6.45) is -1.41. The van der Waals surface area contributed by atoms with Gasteiger partial charge in [0.25, 0.3) is 5.95 Å². The Kier molecular flexibility index (Phi) is 5.92. The molecule has 29 heavy (non-hydrogen) atoms. The molecule has 152 valence electrons. The lowest BCUT2D eigenvalue weighted by molar-refractivity contribution is 0.134. The van der Waals surface area contributed by atoms with E-state index in [1.807, 2.05) is 30.3 Å². The molecule has 2 aromatic carbocycles. The molecule has 1 fully saturated rings. The fourth-order valence-corrected chi connectivity index (χ4v) is 4.69. The Hall–Kier alpha value is -1.93. The normalized spacial score (nSPS) is 15.1. The molecule has 0 unspecified atom stereocenters. The van der Waals surface area contributed by atoms with E-state index in [0.717, 1.165) is 47.3 Å². The van der Waals surface area contributed by atoms with E-state index in [9.17, 15) is 4.79 Å². The Labute approximate surface area is 185 Å². The summed E-state index contributed by atoms with van der Waals surface area (Å²) in [5.74, 6) is -0.0493. The van der Waals surface area contributed by atoms with E-state index in [0.29, 0.717) is 22.2 Å². The maximum atomic E-state index is 10.7. The van der Waals surface area contributed by atoms with Crippen molar-refractivity contribution in [1.29, 1.82) is 0 Å². The van der Waals surface area contributed by atoms with Crippen LogP contribution in [0.4, 0.5) is 10.5 Å². The van der Waals surface area contributed by atoms with Crippen molar-refractivity contribution in [3.63, 3.8) is 0 Å². The van der Waals surface area contributed by atoms with Gasteiger partial charge in [0.2, 0.25) is 0 Å². The van der Waals surface area contributed by atoms with E-state index < -0.39 is 6.16 Å². The van der Waals surface area contributed by atoms with Crippen molar-refractivity contribution in [2.24, 2.45) is 0 Å². The number of benzene rings is 2. The molecular formula is C20H17BrCl2N2O4. The van der Waals surface area contributed by atoms with Gasteiger partial charge in [0, 0.05) is 59.8 Å². The number of fused-ring (bicyclic) bond motifs is 1. The molecule has 4 rings (SSSR count). The molecule has 0 spiro atoms. The first-order chi connectivity index (χ1) is 13.9. The van der Waals surface area contributed by atoms with Gasteiger partial charge in [-0.15, -0.1) is 0 Å². The maximum Gasteiger partial charge on any atom is 0.513 e. The second-order valence-electron chi connectivity index (χ2n) is 6.71. The molecule has 0 atom stereocenters. The van der Waals surface area contributed by atoms with Gasteiger partial charge in [-0.25, -0.2) is 4.79 Å². The van der Waals surface area contributed by atoms with Crippen LogP contribution in [0.5, 0.6) is 5.95 Å². The summed E-state index contributed by atoms with van der Waals surface area (Å²) >= 11 is 16.2. The molecule has 1 aliphatic rings. The van der Waals surface area contributed by atoms with E-state index in [1.165, 1.54) is 0 Å². The number of halogens is 3. The molecular weight excluding hydrogens is 483 g/mol. The zero-order valence-corrected chi connectivity index (χ0v) is 18.3. The summed E-state index contributed by atoms with van der Waals surface area (Å²) in [6.45, 7) is 4.12. The highest BCUT2D eigenvalue weighted by molar-refractivity contribution is 9.10. The predicted octanol–water partition coefficient (Wildman–Crippen LogP) is 5.88. The minimum atomic E-state index is -1.41. The number of furan rings is 1. The van der Waals surface area contributed by atoms with Gasteiger partial charge in [-0.2, -0.15) is 0 Å². The molecule has 0 amide bonds. The minimum Gasteiger partial charge on any atom is -0.449 e. The molecule has 0 radical (unpaired) electrons. The number of rotatable bonds is 4. The summed E-state index contributed by atoms with van der Waals surface area (Å²) in [6, 6.07) is 10.9. The number of hydrogen-bond donors (Lipinski definition) is 1. The van der Waals surface area contributed by atoms with Crippen LogP contribution in [-0.2, 0) is 6.54 Å². The zero-order valence-electron chi connectivity index (χ0n) is 15.2. The predicted molar refractivity (Wildman–Crippen MR) is 117 cm³/mol. The number of nitrogens with zero attached hydrogens (tertiary/aromatic N) is 2. The van der Waals surface area contributed by atoms with Crippen LogP contribution in [0.3, 0.4) is 0 Å². The summed E-state index contributed by atoms with van der Waals surface area (Å²) in [5, 5.41) is 10.9. The largest absolute Gasteiger partial charge is 0.513 e. The average molecular weight is 500 g/mol. The second kappa shape index (κ2) is 8.44. The molecule has 0 bridgehead atoms. The van der Waals surface area contributed by atoms with Gasteiger partial charge in [0.1, 0.15) is 5.58 Å². The molecule has 1 N–H and O–H groups in total. The standard InChI is InChI=1S/C20H17BrCl2N2O4/c21-19-12-10-18(29-20(26)27)28-17(12)5-4-16(19)25-8-6-24(7-9-25)11-13-14(22)2-1-3-15(13)23/h1-5,10H,6-9,11H2,(H,26,27). The van der Waals surface area contributed by atoms with Gasteiger partial charge in [-0.3, -0.25) is 4.90 Å². The fraction of sp³-hybridized carbons (Fsp3) is 0.250. The third-order valence-electron chi connectivity index (χ3n) is 4.94. The third kappa shape index (κ3) is 4.33. The number of anilines is 1. The first-order valence-corrected chi connectivity index (χ1v) is 10.5. The van der Waals surface area contributed by atoms with Crippen molar-refractivity contribution in [2.75, 3.05) is 31.1 Å². The SMILES string of the molecule is O=C(O)Oc1cc2c(Br)c(N3CCN(Cc4c(Cl)cccc4Cl)CC3)ccc2o1. The monoisotopic (exact) mass is 498 g/mol. The Morgan fingerprint density at radius 2 is 1.83 bits per heavy atom. The molecule has 2 heterocycles. The van der Waals surface area contributed by atoms with Gasteiger partial charge in [-0.1, -0.05) is 29.3 Å². The van der Waals surface area contributed by atoms with Gasteiger partial charge in [-0.05, 0) is 40.2 Å². The second-order valence-corrected chi connectivity index (χ2v) is 8.31. The van der Waals surface area contributed by atoms with Gasteiger partial charge >= 0.3 is 6.16 Å². The van der Waals surface area contributed by atoms with Crippen LogP contribution in [0.2, 0.25) is 10.0 Å². The Bertz CT molecular complexity index is 1040. The van der Waals surface area contributed by atoms with E-state index >= 15 is 0 Å². The average Bonchev–Trinajstić information content (AvgIpc) is 3.09. The topological polar surface area (TPSA) is 66.2 Å². The molecule has 0 aliphatic carbocycles. The van der Waals surface area contributed by atoms with Crippen molar-refractivity contribution >= 4 is 61.9 Å². The number of carbonyl (C=O) groups is 1. The van der Waals surface area contributed by atoms with Crippen LogP contribution in [0.1, 0.15) is 5.56 Å². The van der Waals surface area contributed by atoms with Gasteiger partial charge < -0.3 is 19.2 Å². The third-order valence-corrected chi connectivity index (χ3v) is 6.48. The van der Waals surface area contributed by atoms with Crippen LogP contribution in [0.15, 0.2) is 45.3 Å². The number of piperazine rings is 1. The number of carboxylic acid groups (broad SMARTS) is 1. The van der Waals surface area contributed by atoms with Crippen LogP contribution in [0, 0.1) is 0 Å². The summed E-state index contributed by atoms with van der Waals surface area (Å²) < 4.78 is 10.9. The molecule has 1 saturated heterocycles. The Morgan fingerprint density at radius 3 is 2.48 bits per heavy atom. The molecule has 3 aromatic rings. The van der Waals surface area contributed by atoms with Crippen molar-refractivity contribution in [2.45, 2.75) is 6.54 Å². The van der Waals surface area contributed by atoms with E-state index in [4.69, 9.17) is 32.7 Å². The number of ether oxygens (including phenoxy) is 1.